The van der Waals surface area contributed by atoms with Crippen molar-refractivity contribution >= 4 is 23.2 Å². The van der Waals surface area contributed by atoms with Gasteiger partial charge in [-0.05, 0) is 55.0 Å². The monoisotopic (exact) mass is 436 g/mol. The number of ether oxygens (including phenoxy) is 1. The number of nitrogens with one attached hydrogen (secondary N) is 1. The van der Waals surface area contributed by atoms with Gasteiger partial charge in [-0.2, -0.15) is 0 Å². The minimum Gasteiger partial charge on any atom is -0.379 e. The summed E-state index contributed by atoms with van der Waals surface area (Å²) in [6.45, 7) is 2.04. The van der Waals surface area contributed by atoms with Crippen molar-refractivity contribution in [2.24, 2.45) is 5.92 Å². The Morgan fingerprint density at radius 1 is 1.23 bits per heavy atom. The molecule has 2 aromatic rings. The van der Waals surface area contributed by atoms with Gasteiger partial charge in [0.2, 0.25) is 5.91 Å². The third-order valence-corrected chi connectivity index (χ3v) is 6.27. The summed E-state index contributed by atoms with van der Waals surface area (Å²) >= 11 is 1.45. The zero-order valence-corrected chi connectivity index (χ0v) is 17.8. The maximum atomic E-state index is 13.2. The van der Waals surface area contributed by atoms with Crippen molar-refractivity contribution in [2.45, 2.75) is 38.8 Å². The first-order valence-electron chi connectivity index (χ1n) is 10.0. The third kappa shape index (κ3) is 6.09. The highest BCUT2D eigenvalue weighted by atomic mass is 32.1. The molecule has 1 aromatic heterocycles. The lowest BCUT2D eigenvalue weighted by Gasteiger charge is -2.32. The summed E-state index contributed by atoms with van der Waals surface area (Å²) in [7, 11) is 1.63. The molecule has 0 saturated carbocycles. The van der Waals surface area contributed by atoms with Crippen LogP contribution >= 0.6 is 11.3 Å². The number of hydrogen-bond acceptors (Lipinski definition) is 4. The normalized spacial score (nSPS) is 16.5. The minimum absolute atomic E-state index is 0.0369. The molecule has 1 fully saturated rings. The molecule has 0 spiro atoms. The number of halogens is 2. The van der Waals surface area contributed by atoms with Crippen LogP contribution in [0.25, 0.3) is 0 Å². The van der Waals surface area contributed by atoms with Gasteiger partial charge in [-0.25, -0.2) is 8.78 Å². The Hall–Kier alpha value is -2.32. The number of likely N-dealkylation sites (tertiary alicyclic amines) is 1. The number of benzene rings is 1. The summed E-state index contributed by atoms with van der Waals surface area (Å²) in [6.07, 6.45) is 2.93. The number of amides is 2. The molecule has 3 rings (SSSR count). The summed E-state index contributed by atoms with van der Waals surface area (Å²) in [5.41, 5.74) is 0.514. The molecule has 1 aromatic carbocycles. The largest absolute Gasteiger partial charge is 0.379 e. The Morgan fingerprint density at radius 3 is 2.83 bits per heavy atom. The minimum atomic E-state index is -0.922. The van der Waals surface area contributed by atoms with Crippen LogP contribution in [0.2, 0.25) is 0 Å². The van der Waals surface area contributed by atoms with Gasteiger partial charge in [0.25, 0.3) is 5.91 Å². The Morgan fingerprint density at radius 2 is 2.07 bits per heavy atom. The van der Waals surface area contributed by atoms with Crippen molar-refractivity contribution in [3.8, 4) is 0 Å². The molecule has 5 nitrogen and oxygen atoms in total. The molecule has 8 heteroatoms. The average Bonchev–Trinajstić information content (AvgIpc) is 3.21. The summed E-state index contributed by atoms with van der Waals surface area (Å²) in [6, 6.07) is 7.35. The van der Waals surface area contributed by atoms with Gasteiger partial charge in [-0.3, -0.25) is 9.59 Å². The zero-order valence-electron chi connectivity index (χ0n) is 17.0. The highest BCUT2D eigenvalue weighted by molar-refractivity contribution is 7.14. The maximum Gasteiger partial charge on any atom is 0.263 e. The second kappa shape index (κ2) is 10.6. The Balaban J connectivity index is 1.44. The van der Waals surface area contributed by atoms with E-state index in [2.05, 4.69) is 5.32 Å². The van der Waals surface area contributed by atoms with Gasteiger partial charge in [-0.15, -0.1) is 11.3 Å². The quantitative estimate of drug-likeness (QED) is 0.677. The second-order valence-electron chi connectivity index (χ2n) is 7.52. The molecule has 0 radical (unpaired) electrons. The number of methoxy groups -OCH3 is 1. The van der Waals surface area contributed by atoms with E-state index in [0.29, 0.717) is 36.4 Å². The highest BCUT2D eigenvalue weighted by Crippen LogP contribution is 2.25. The lowest BCUT2D eigenvalue weighted by atomic mass is 9.93. The van der Waals surface area contributed by atoms with Gasteiger partial charge in [0.05, 0.1) is 11.5 Å². The molecule has 1 aliphatic rings. The molecule has 30 heavy (non-hydrogen) atoms. The first-order chi connectivity index (χ1) is 14.5. The molecular weight excluding hydrogens is 410 g/mol. The molecule has 1 aliphatic heterocycles. The van der Waals surface area contributed by atoms with Crippen LogP contribution < -0.4 is 5.32 Å². The zero-order chi connectivity index (χ0) is 21.5. The number of carbonyl (C=O) groups is 2. The number of rotatable bonds is 8. The van der Waals surface area contributed by atoms with Crippen molar-refractivity contribution in [1.29, 1.82) is 0 Å². The van der Waals surface area contributed by atoms with E-state index >= 15 is 0 Å². The van der Waals surface area contributed by atoms with Crippen LogP contribution in [0.3, 0.4) is 0 Å². The molecule has 0 bridgehead atoms. The highest BCUT2D eigenvalue weighted by Gasteiger charge is 2.25. The van der Waals surface area contributed by atoms with Crippen LogP contribution in [0.4, 0.5) is 8.78 Å². The molecular formula is C22H26F2N2O3S. The Kier molecular flexibility index (Phi) is 7.93. The fraction of sp³-hybridized carbons (Fsp3) is 0.455. The van der Waals surface area contributed by atoms with E-state index in [1.807, 2.05) is 17.0 Å². The van der Waals surface area contributed by atoms with Gasteiger partial charge in [0.1, 0.15) is 0 Å². The van der Waals surface area contributed by atoms with Crippen LogP contribution in [0.5, 0.6) is 0 Å². The van der Waals surface area contributed by atoms with Crippen LogP contribution in [-0.4, -0.2) is 36.9 Å². The van der Waals surface area contributed by atoms with Gasteiger partial charge in [-0.1, -0.05) is 6.07 Å². The fourth-order valence-corrected chi connectivity index (χ4v) is 4.58. The second-order valence-corrected chi connectivity index (χ2v) is 8.69. The van der Waals surface area contributed by atoms with E-state index < -0.39 is 11.6 Å². The third-order valence-electron chi connectivity index (χ3n) is 5.22. The van der Waals surface area contributed by atoms with E-state index in [0.717, 1.165) is 36.4 Å². The predicted molar refractivity (Wildman–Crippen MR) is 111 cm³/mol. The van der Waals surface area contributed by atoms with Crippen LogP contribution in [0.1, 0.15) is 45.8 Å². The topological polar surface area (TPSA) is 58.6 Å². The van der Waals surface area contributed by atoms with E-state index in [4.69, 9.17) is 4.74 Å². The van der Waals surface area contributed by atoms with Crippen LogP contribution in [0, 0.1) is 17.6 Å². The van der Waals surface area contributed by atoms with Crippen molar-refractivity contribution in [3.63, 3.8) is 0 Å². The molecule has 0 aliphatic carbocycles. The van der Waals surface area contributed by atoms with Crippen LogP contribution in [0.15, 0.2) is 30.3 Å². The lowest BCUT2D eigenvalue weighted by Crippen LogP contribution is -2.40. The number of carbonyl (C=O) groups excluding carboxylic acids is 2. The Bertz CT molecular complexity index is 887. The van der Waals surface area contributed by atoms with Gasteiger partial charge >= 0.3 is 0 Å². The first kappa shape index (κ1) is 22.4. The standard InChI is InChI=1S/C22H26F2N2O3S/c1-29-14-17-6-8-20(30-17)22(28)26-10-2-3-15(13-26)5-9-21(27)25-12-16-4-7-18(23)19(24)11-16/h4,6-8,11,15H,2-3,5,9-10,12-14H2,1H3,(H,25,27). The number of hydrogen-bond donors (Lipinski definition) is 1. The fourth-order valence-electron chi connectivity index (χ4n) is 3.63. The number of nitrogens with zero attached hydrogens (tertiary/aromatic N) is 1. The average molecular weight is 437 g/mol. The summed E-state index contributed by atoms with van der Waals surface area (Å²) < 4.78 is 31.3. The lowest BCUT2D eigenvalue weighted by molar-refractivity contribution is -0.121. The number of piperidine rings is 1. The Labute approximate surface area is 179 Å². The molecule has 1 N–H and O–H groups in total. The molecule has 2 amide bonds. The van der Waals surface area contributed by atoms with Gasteiger partial charge < -0.3 is 15.0 Å². The summed E-state index contributed by atoms with van der Waals surface area (Å²) in [5, 5.41) is 2.74. The predicted octanol–water partition coefficient (Wildman–Crippen LogP) is 4.12. The smallest absolute Gasteiger partial charge is 0.263 e. The molecule has 2 heterocycles. The van der Waals surface area contributed by atoms with E-state index in [9.17, 15) is 18.4 Å². The van der Waals surface area contributed by atoms with Crippen molar-refractivity contribution in [2.75, 3.05) is 20.2 Å². The van der Waals surface area contributed by atoms with Gasteiger partial charge in [0.15, 0.2) is 11.6 Å². The molecule has 1 atom stereocenters. The maximum absolute atomic E-state index is 13.2. The SMILES string of the molecule is COCc1ccc(C(=O)N2CCCC(CCC(=O)NCc3ccc(F)c(F)c3)C2)s1. The molecule has 162 valence electrons. The van der Waals surface area contributed by atoms with E-state index in [-0.39, 0.29) is 24.3 Å². The van der Waals surface area contributed by atoms with Crippen molar-refractivity contribution < 1.29 is 23.1 Å². The van der Waals surface area contributed by atoms with Gasteiger partial charge in [0, 0.05) is 38.0 Å². The summed E-state index contributed by atoms with van der Waals surface area (Å²) in [4.78, 5) is 28.5. The summed E-state index contributed by atoms with van der Waals surface area (Å²) in [5.74, 6) is -1.65. The molecule has 1 saturated heterocycles. The molecule has 1 unspecified atom stereocenters. The number of thiophene rings is 1. The van der Waals surface area contributed by atoms with Crippen molar-refractivity contribution in [3.05, 3.63) is 57.3 Å². The van der Waals surface area contributed by atoms with E-state index in [1.165, 1.54) is 17.4 Å². The first-order valence-corrected chi connectivity index (χ1v) is 10.9. The van der Waals surface area contributed by atoms with Crippen molar-refractivity contribution in [1.82, 2.24) is 10.2 Å². The van der Waals surface area contributed by atoms with Crippen LogP contribution in [-0.2, 0) is 22.7 Å². The van der Waals surface area contributed by atoms with E-state index in [1.54, 1.807) is 7.11 Å².